The van der Waals surface area contributed by atoms with Gasteiger partial charge in [0, 0.05) is 25.1 Å². The molecule has 1 fully saturated rings. The van der Waals surface area contributed by atoms with E-state index in [4.69, 9.17) is 18.9 Å². The lowest BCUT2D eigenvalue weighted by molar-refractivity contribution is -0.121. The molecule has 1 aliphatic heterocycles. The Labute approximate surface area is 182 Å². The van der Waals surface area contributed by atoms with E-state index in [1.54, 1.807) is 55.5 Å². The van der Waals surface area contributed by atoms with Gasteiger partial charge in [0.25, 0.3) is 5.91 Å². The molecule has 2 amide bonds. The predicted molar refractivity (Wildman–Crippen MR) is 116 cm³/mol. The number of carbonyl (C=O) groups excluding carboxylic acids is 2. The van der Waals surface area contributed by atoms with Crippen LogP contribution in [0.5, 0.6) is 23.0 Å². The van der Waals surface area contributed by atoms with Gasteiger partial charge in [-0.25, -0.2) is 0 Å². The molecular formula is C23H28N2O6. The fourth-order valence-corrected chi connectivity index (χ4v) is 3.71. The SMILES string of the molecule is COc1ccc(OC)c(NC(=O)C2CCN(C(=O)c3c(OC)cccc3OC)CC2)c1. The summed E-state index contributed by atoms with van der Waals surface area (Å²) in [5.41, 5.74) is 0.959. The normalized spacial score (nSPS) is 14.0. The van der Waals surface area contributed by atoms with Gasteiger partial charge in [-0.05, 0) is 37.1 Å². The number of hydrogen-bond acceptors (Lipinski definition) is 6. The van der Waals surface area contributed by atoms with Crippen LogP contribution in [0, 0.1) is 5.92 Å². The number of carbonyl (C=O) groups is 2. The highest BCUT2D eigenvalue weighted by Crippen LogP contribution is 2.32. The van der Waals surface area contributed by atoms with Crippen LogP contribution in [-0.2, 0) is 4.79 Å². The molecule has 0 atom stereocenters. The zero-order valence-corrected chi connectivity index (χ0v) is 18.3. The standard InChI is InChI=1S/C23H28N2O6/c1-28-16-8-9-18(29-2)17(14-16)24-22(26)15-10-12-25(13-11-15)23(27)21-19(30-3)6-5-7-20(21)31-4/h5-9,14-15H,10-13H2,1-4H3,(H,24,26). The van der Waals surface area contributed by atoms with Gasteiger partial charge in [0.1, 0.15) is 28.6 Å². The number of methoxy groups -OCH3 is 4. The highest BCUT2D eigenvalue weighted by atomic mass is 16.5. The van der Waals surface area contributed by atoms with E-state index in [-0.39, 0.29) is 17.7 Å². The van der Waals surface area contributed by atoms with Crippen molar-refractivity contribution < 1.29 is 28.5 Å². The van der Waals surface area contributed by atoms with Crippen molar-refractivity contribution in [1.29, 1.82) is 0 Å². The summed E-state index contributed by atoms with van der Waals surface area (Å²) in [6, 6.07) is 10.5. The van der Waals surface area contributed by atoms with Gasteiger partial charge >= 0.3 is 0 Å². The van der Waals surface area contributed by atoms with Crippen LogP contribution in [0.15, 0.2) is 36.4 Å². The second-order valence-electron chi connectivity index (χ2n) is 7.16. The fourth-order valence-electron chi connectivity index (χ4n) is 3.71. The van der Waals surface area contributed by atoms with Crippen LogP contribution < -0.4 is 24.3 Å². The van der Waals surface area contributed by atoms with Crippen molar-refractivity contribution in [2.24, 2.45) is 5.92 Å². The average Bonchev–Trinajstić information content (AvgIpc) is 2.82. The quantitative estimate of drug-likeness (QED) is 0.729. The second kappa shape index (κ2) is 10.1. The number of hydrogen-bond donors (Lipinski definition) is 1. The molecule has 8 nitrogen and oxygen atoms in total. The lowest BCUT2D eigenvalue weighted by Crippen LogP contribution is -2.41. The number of rotatable bonds is 7. The van der Waals surface area contributed by atoms with Crippen molar-refractivity contribution in [1.82, 2.24) is 4.90 Å². The molecule has 0 aliphatic carbocycles. The molecule has 1 N–H and O–H groups in total. The van der Waals surface area contributed by atoms with E-state index in [0.717, 1.165) is 0 Å². The van der Waals surface area contributed by atoms with Crippen molar-refractivity contribution in [3.63, 3.8) is 0 Å². The summed E-state index contributed by atoms with van der Waals surface area (Å²) in [7, 11) is 6.16. The van der Waals surface area contributed by atoms with Crippen LogP contribution in [-0.4, -0.2) is 58.2 Å². The minimum absolute atomic E-state index is 0.103. The summed E-state index contributed by atoms with van der Waals surface area (Å²) in [6.45, 7) is 0.931. The van der Waals surface area contributed by atoms with Gasteiger partial charge in [-0.1, -0.05) is 6.07 Å². The van der Waals surface area contributed by atoms with Crippen LogP contribution in [0.25, 0.3) is 0 Å². The molecule has 3 rings (SSSR count). The number of piperidine rings is 1. The topological polar surface area (TPSA) is 86.3 Å². The molecule has 0 bridgehead atoms. The summed E-state index contributed by atoms with van der Waals surface area (Å²) >= 11 is 0. The van der Waals surface area contributed by atoms with Crippen molar-refractivity contribution in [3.05, 3.63) is 42.0 Å². The molecular weight excluding hydrogens is 400 g/mol. The first-order valence-electron chi connectivity index (χ1n) is 10.1. The largest absolute Gasteiger partial charge is 0.497 e. The van der Waals surface area contributed by atoms with Gasteiger partial charge in [-0.2, -0.15) is 0 Å². The smallest absolute Gasteiger partial charge is 0.261 e. The Balaban J connectivity index is 1.66. The number of amides is 2. The van der Waals surface area contributed by atoms with E-state index in [9.17, 15) is 9.59 Å². The van der Waals surface area contributed by atoms with Gasteiger partial charge in [-0.3, -0.25) is 9.59 Å². The molecule has 2 aromatic carbocycles. The van der Waals surface area contributed by atoms with E-state index < -0.39 is 0 Å². The Hall–Kier alpha value is -3.42. The van der Waals surface area contributed by atoms with Crippen molar-refractivity contribution in [2.45, 2.75) is 12.8 Å². The third-order valence-corrected chi connectivity index (χ3v) is 5.46. The maximum absolute atomic E-state index is 13.1. The minimum Gasteiger partial charge on any atom is -0.497 e. The molecule has 0 unspecified atom stereocenters. The molecule has 0 saturated carbocycles. The van der Waals surface area contributed by atoms with Crippen LogP contribution in [0.1, 0.15) is 23.2 Å². The van der Waals surface area contributed by atoms with Crippen LogP contribution in [0.4, 0.5) is 5.69 Å². The fraction of sp³-hybridized carbons (Fsp3) is 0.391. The Kier molecular flexibility index (Phi) is 7.23. The van der Waals surface area contributed by atoms with Crippen molar-refractivity contribution in [2.75, 3.05) is 46.8 Å². The van der Waals surface area contributed by atoms with Gasteiger partial charge in [0.15, 0.2) is 0 Å². The third kappa shape index (κ3) is 4.84. The lowest BCUT2D eigenvalue weighted by Gasteiger charge is -2.32. The molecule has 2 aromatic rings. The summed E-state index contributed by atoms with van der Waals surface area (Å²) in [6.07, 6.45) is 1.11. The van der Waals surface area contributed by atoms with Crippen LogP contribution in [0.3, 0.4) is 0 Å². The molecule has 0 spiro atoms. The Morgan fingerprint density at radius 2 is 1.48 bits per heavy atom. The molecule has 0 radical (unpaired) electrons. The van der Waals surface area contributed by atoms with E-state index >= 15 is 0 Å². The van der Waals surface area contributed by atoms with E-state index in [1.807, 2.05) is 0 Å². The maximum atomic E-state index is 13.1. The zero-order valence-electron chi connectivity index (χ0n) is 18.3. The Morgan fingerprint density at radius 3 is 2.03 bits per heavy atom. The first-order chi connectivity index (χ1) is 15.0. The number of benzene rings is 2. The zero-order chi connectivity index (χ0) is 22.4. The summed E-state index contributed by atoms with van der Waals surface area (Å²) in [4.78, 5) is 27.7. The molecule has 1 saturated heterocycles. The van der Waals surface area contributed by atoms with Gasteiger partial charge in [-0.15, -0.1) is 0 Å². The molecule has 8 heteroatoms. The third-order valence-electron chi connectivity index (χ3n) is 5.46. The van der Waals surface area contributed by atoms with Crippen molar-refractivity contribution in [3.8, 4) is 23.0 Å². The summed E-state index contributed by atoms with van der Waals surface area (Å²) in [5, 5.41) is 2.93. The van der Waals surface area contributed by atoms with Gasteiger partial charge < -0.3 is 29.2 Å². The van der Waals surface area contributed by atoms with E-state index in [1.165, 1.54) is 14.2 Å². The molecule has 1 heterocycles. The number of likely N-dealkylation sites (tertiary alicyclic amines) is 1. The highest BCUT2D eigenvalue weighted by molar-refractivity contribution is 6.00. The summed E-state index contributed by atoms with van der Waals surface area (Å²) < 4.78 is 21.3. The highest BCUT2D eigenvalue weighted by Gasteiger charge is 2.31. The first kappa shape index (κ1) is 22.3. The van der Waals surface area contributed by atoms with E-state index in [0.29, 0.717) is 60.2 Å². The molecule has 166 valence electrons. The number of ether oxygens (including phenoxy) is 4. The first-order valence-corrected chi connectivity index (χ1v) is 10.1. The van der Waals surface area contributed by atoms with Gasteiger partial charge in [0.2, 0.25) is 5.91 Å². The Morgan fingerprint density at radius 1 is 0.871 bits per heavy atom. The predicted octanol–water partition coefficient (Wildman–Crippen LogP) is 3.21. The molecule has 1 aliphatic rings. The van der Waals surface area contributed by atoms with E-state index in [2.05, 4.69) is 5.32 Å². The van der Waals surface area contributed by atoms with Crippen LogP contribution >= 0.6 is 0 Å². The minimum atomic E-state index is -0.209. The number of nitrogens with zero attached hydrogens (tertiary/aromatic N) is 1. The van der Waals surface area contributed by atoms with Crippen LogP contribution in [0.2, 0.25) is 0 Å². The van der Waals surface area contributed by atoms with Crippen molar-refractivity contribution >= 4 is 17.5 Å². The van der Waals surface area contributed by atoms with Gasteiger partial charge in [0.05, 0.1) is 34.1 Å². The number of anilines is 1. The second-order valence-corrected chi connectivity index (χ2v) is 7.16. The number of nitrogens with one attached hydrogen (secondary N) is 1. The monoisotopic (exact) mass is 428 g/mol. The summed E-state index contributed by atoms with van der Waals surface area (Å²) in [5.74, 6) is 1.65. The molecule has 0 aromatic heterocycles. The maximum Gasteiger partial charge on any atom is 0.261 e. The Bertz CT molecular complexity index is 915. The lowest BCUT2D eigenvalue weighted by atomic mass is 9.95. The molecule has 31 heavy (non-hydrogen) atoms. The average molecular weight is 428 g/mol.